The van der Waals surface area contributed by atoms with Crippen LogP contribution in [-0.2, 0) is 6.42 Å². The van der Waals surface area contributed by atoms with Gasteiger partial charge in [-0.15, -0.1) is 12.3 Å². The van der Waals surface area contributed by atoms with Gasteiger partial charge in [0, 0.05) is 16.0 Å². The summed E-state index contributed by atoms with van der Waals surface area (Å²) in [4.78, 5) is 0. The molecule has 0 spiro atoms. The molecule has 0 aliphatic heterocycles. The van der Waals surface area contributed by atoms with Crippen LogP contribution in [0.4, 0.5) is 0 Å². The van der Waals surface area contributed by atoms with E-state index in [9.17, 15) is 0 Å². The molecule has 0 amide bonds. The fourth-order valence-corrected chi connectivity index (χ4v) is 1.48. The molecule has 1 unspecified atom stereocenters. The molecule has 13 heavy (non-hydrogen) atoms. The van der Waals surface area contributed by atoms with Crippen molar-refractivity contribution >= 4 is 23.2 Å². The topological polar surface area (TPSA) is 0 Å². The molecule has 0 radical (unpaired) electrons. The second-order valence-electron chi connectivity index (χ2n) is 3.01. The van der Waals surface area contributed by atoms with Crippen molar-refractivity contribution in [1.82, 2.24) is 0 Å². The van der Waals surface area contributed by atoms with E-state index in [0.717, 1.165) is 17.0 Å². The summed E-state index contributed by atoms with van der Waals surface area (Å²) in [5.41, 5.74) is 1.01. The maximum absolute atomic E-state index is 5.97. The van der Waals surface area contributed by atoms with Gasteiger partial charge in [0.05, 0.1) is 0 Å². The maximum atomic E-state index is 5.97. The summed E-state index contributed by atoms with van der Waals surface area (Å²) in [5.74, 6) is 2.85. The van der Waals surface area contributed by atoms with Gasteiger partial charge in [-0.2, -0.15) is 0 Å². The molecule has 68 valence electrons. The lowest BCUT2D eigenvalue weighted by atomic mass is 10.0. The minimum absolute atomic E-state index is 0.191. The van der Waals surface area contributed by atoms with Crippen LogP contribution in [0.25, 0.3) is 0 Å². The molecule has 0 aliphatic carbocycles. The number of hydrogen-bond donors (Lipinski definition) is 0. The molecule has 0 bridgehead atoms. The number of hydrogen-bond acceptors (Lipinski definition) is 0. The lowest BCUT2D eigenvalue weighted by Crippen LogP contribution is -1.96. The first-order chi connectivity index (χ1) is 6.13. The summed E-state index contributed by atoms with van der Waals surface area (Å²) in [5, 5.41) is 1.43. The van der Waals surface area contributed by atoms with Crippen molar-refractivity contribution in [3.8, 4) is 12.3 Å². The van der Waals surface area contributed by atoms with Crippen LogP contribution in [0.2, 0.25) is 10.0 Å². The van der Waals surface area contributed by atoms with Gasteiger partial charge >= 0.3 is 0 Å². The second kappa shape index (κ2) is 4.56. The largest absolute Gasteiger partial charge is 0.120 e. The van der Waals surface area contributed by atoms with Crippen molar-refractivity contribution in [3.05, 3.63) is 33.8 Å². The summed E-state index contributed by atoms with van der Waals surface area (Å²) in [7, 11) is 0. The van der Waals surface area contributed by atoms with Crippen LogP contribution in [0.15, 0.2) is 18.2 Å². The van der Waals surface area contributed by atoms with Gasteiger partial charge < -0.3 is 0 Å². The molecule has 2 heteroatoms. The van der Waals surface area contributed by atoms with Crippen LogP contribution in [-0.4, -0.2) is 0 Å². The van der Waals surface area contributed by atoms with E-state index < -0.39 is 0 Å². The van der Waals surface area contributed by atoms with Crippen LogP contribution in [0, 0.1) is 18.3 Å². The zero-order valence-electron chi connectivity index (χ0n) is 7.35. The molecule has 1 rings (SSSR count). The molecular formula is C11H10Cl2. The number of benzene rings is 1. The molecule has 0 heterocycles. The van der Waals surface area contributed by atoms with E-state index in [1.807, 2.05) is 13.0 Å². The fourth-order valence-electron chi connectivity index (χ4n) is 1.09. The van der Waals surface area contributed by atoms with Crippen molar-refractivity contribution in [2.24, 2.45) is 5.92 Å². The molecule has 0 nitrogen and oxygen atoms in total. The van der Waals surface area contributed by atoms with E-state index in [-0.39, 0.29) is 5.92 Å². The molecule has 0 saturated heterocycles. The minimum Gasteiger partial charge on any atom is -0.120 e. The van der Waals surface area contributed by atoms with Crippen LogP contribution in [0.1, 0.15) is 12.5 Å². The highest BCUT2D eigenvalue weighted by atomic mass is 35.5. The third-order valence-corrected chi connectivity index (χ3v) is 2.42. The SMILES string of the molecule is C#CC(C)Cc1cc(Cl)ccc1Cl. The van der Waals surface area contributed by atoms with Gasteiger partial charge in [0.1, 0.15) is 0 Å². The first-order valence-corrected chi connectivity index (χ1v) is 4.79. The third-order valence-electron chi connectivity index (χ3n) is 1.82. The summed E-state index contributed by atoms with van der Waals surface area (Å²) in [6.45, 7) is 1.98. The Morgan fingerprint density at radius 1 is 1.46 bits per heavy atom. The van der Waals surface area contributed by atoms with E-state index in [1.165, 1.54) is 0 Å². The van der Waals surface area contributed by atoms with Crippen molar-refractivity contribution in [2.75, 3.05) is 0 Å². The van der Waals surface area contributed by atoms with Gasteiger partial charge in [-0.3, -0.25) is 0 Å². The van der Waals surface area contributed by atoms with Crippen molar-refractivity contribution in [1.29, 1.82) is 0 Å². The zero-order chi connectivity index (χ0) is 9.84. The average molecular weight is 213 g/mol. The van der Waals surface area contributed by atoms with E-state index in [1.54, 1.807) is 12.1 Å². The molecule has 1 aromatic carbocycles. The van der Waals surface area contributed by atoms with E-state index in [4.69, 9.17) is 29.6 Å². The smallest absolute Gasteiger partial charge is 0.0439 e. The van der Waals surface area contributed by atoms with Crippen molar-refractivity contribution in [2.45, 2.75) is 13.3 Å². The van der Waals surface area contributed by atoms with Crippen molar-refractivity contribution in [3.63, 3.8) is 0 Å². The summed E-state index contributed by atoms with van der Waals surface area (Å²) >= 11 is 11.8. The zero-order valence-corrected chi connectivity index (χ0v) is 8.86. The lowest BCUT2D eigenvalue weighted by Gasteiger charge is -2.06. The second-order valence-corrected chi connectivity index (χ2v) is 3.85. The van der Waals surface area contributed by atoms with Crippen LogP contribution >= 0.6 is 23.2 Å². The predicted octanol–water partition coefficient (Wildman–Crippen LogP) is 3.81. The number of terminal acetylenes is 1. The molecule has 1 atom stereocenters. The highest BCUT2D eigenvalue weighted by Gasteiger charge is 2.04. The quantitative estimate of drug-likeness (QED) is 0.655. The average Bonchev–Trinajstić information content (AvgIpc) is 2.11. The monoisotopic (exact) mass is 212 g/mol. The predicted molar refractivity (Wildman–Crippen MR) is 58.2 cm³/mol. The van der Waals surface area contributed by atoms with Crippen molar-refractivity contribution < 1.29 is 0 Å². The molecule has 0 N–H and O–H groups in total. The van der Waals surface area contributed by atoms with Gasteiger partial charge in [-0.25, -0.2) is 0 Å². The Morgan fingerprint density at radius 3 is 2.77 bits per heavy atom. The van der Waals surface area contributed by atoms with Crippen LogP contribution in [0.3, 0.4) is 0 Å². The van der Waals surface area contributed by atoms with Gasteiger partial charge in [-0.05, 0) is 30.2 Å². The van der Waals surface area contributed by atoms with Crippen LogP contribution in [0.5, 0.6) is 0 Å². The standard InChI is InChI=1S/C11H10Cl2/c1-3-8(2)6-9-7-10(12)4-5-11(9)13/h1,4-5,7-8H,6H2,2H3. The van der Waals surface area contributed by atoms with Gasteiger partial charge in [0.15, 0.2) is 0 Å². The fraction of sp³-hybridized carbons (Fsp3) is 0.273. The van der Waals surface area contributed by atoms with E-state index in [0.29, 0.717) is 5.02 Å². The molecular weight excluding hydrogens is 203 g/mol. The van der Waals surface area contributed by atoms with Gasteiger partial charge in [0.25, 0.3) is 0 Å². The number of rotatable bonds is 2. The Hall–Kier alpha value is -0.640. The molecule has 0 saturated carbocycles. The Bertz CT molecular complexity index is 336. The Kier molecular flexibility index (Phi) is 3.66. The van der Waals surface area contributed by atoms with E-state index >= 15 is 0 Å². The highest BCUT2D eigenvalue weighted by molar-refractivity contribution is 6.33. The Balaban J connectivity index is 2.88. The van der Waals surface area contributed by atoms with Gasteiger partial charge in [0.2, 0.25) is 0 Å². The lowest BCUT2D eigenvalue weighted by molar-refractivity contribution is 0.751. The molecule has 1 aromatic rings. The third kappa shape index (κ3) is 2.95. The maximum Gasteiger partial charge on any atom is 0.0439 e. The summed E-state index contributed by atoms with van der Waals surface area (Å²) in [6.07, 6.45) is 6.06. The summed E-state index contributed by atoms with van der Waals surface area (Å²) < 4.78 is 0. The highest BCUT2D eigenvalue weighted by Crippen LogP contribution is 2.22. The van der Waals surface area contributed by atoms with Gasteiger partial charge in [-0.1, -0.05) is 30.1 Å². The first kappa shape index (κ1) is 10.4. The minimum atomic E-state index is 0.191. The molecule has 0 aliphatic rings. The Labute approximate surface area is 88.9 Å². The normalized spacial score (nSPS) is 12.2. The Morgan fingerprint density at radius 2 is 2.15 bits per heavy atom. The number of halogens is 2. The molecule has 0 aromatic heterocycles. The molecule has 0 fully saturated rings. The van der Waals surface area contributed by atoms with Crippen LogP contribution < -0.4 is 0 Å². The van der Waals surface area contributed by atoms with E-state index in [2.05, 4.69) is 5.92 Å². The summed E-state index contributed by atoms with van der Waals surface area (Å²) in [6, 6.07) is 5.42. The first-order valence-electron chi connectivity index (χ1n) is 4.03.